The lowest BCUT2D eigenvalue weighted by Crippen LogP contribution is -2.15. The van der Waals surface area contributed by atoms with Crippen molar-refractivity contribution in [1.82, 2.24) is 9.38 Å². The number of amides is 1. The summed E-state index contributed by atoms with van der Waals surface area (Å²) in [6, 6.07) is 10.7. The molecule has 0 saturated carbocycles. The number of hydrogen-bond acceptors (Lipinski definition) is 3. The summed E-state index contributed by atoms with van der Waals surface area (Å²) in [6.07, 6.45) is 1.85. The number of aryl methyl sites for hydroxylation is 2. The third-order valence-corrected chi connectivity index (χ3v) is 3.72. The van der Waals surface area contributed by atoms with Gasteiger partial charge in [0.25, 0.3) is 5.91 Å². The van der Waals surface area contributed by atoms with Gasteiger partial charge in [-0.2, -0.15) is 0 Å². The minimum absolute atomic E-state index is 0.00382. The molecule has 0 spiro atoms. The van der Waals surface area contributed by atoms with Crippen molar-refractivity contribution in [2.45, 2.75) is 20.8 Å². The Morgan fingerprint density at radius 1 is 1.09 bits per heavy atom. The number of Topliss-reactive ketones (excluding diaryl/α,β-unsaturated/α-hetero) is 1. The summed E-state index contributed by atoms with van der Waals surface area (Å²) in [4.78, 5) is 28.3. The number of ketones is 1. The van der Waals surface area contributed by atoms with Crippen molar-refractivity contribution in [1.29, 1.82) is 0 Å². The number of benzene rings is 1. The third kappa shape index (κ3) is 2.85. The Morgan fingerprint density at radius 2 is 1.78 bits per heavy atom. The minimum atomic E-state index is -0.227. The molecule has 0 bridgehead atoms. The molecule has 2 heterocycles. The Hall–Kier alpha value is -2.95. The standard InChI is InChI=1S/C18H17N3O2/c1-11-8-9-21-16(10-11)19-12(2)17(21)18(23)20-15-6-4-14(5-7-15)13(3)22/h4-10H,1-3H3,(H,20,23). The fraction of sp³-hybridized carbons (Fsp3) is 0.167. The highest BCUT2D eigenvalue weighted by Crippen LogP contribution is 2.16. The van der Waals surface area contributed by atoms with Gasteiger partial charge in [0.2, 0.25) is 0 Å². The predicted octanol–water partition coefficient (Wildman–Crippen LogP) is 3.41. The number of hydrogen-bond donors (Lipinski definition) is 1. The van der Waals surface area contributed by atoms with Gasteiger partial charge in [-0.25, -0.2) is 4.98 Å². The molecule has 1 N–H and O–H groups in total. The zero-order valence-corrected chi connectivity index (χ0v) is 13.3. The molecule has 0 aliphatic heterocycles. The van der Waals surface area contributed by atoms with Crippen LogP contribution in [0.2, 0.25) is 0 Å². The lowest BCUT2D eigenvalue weighted by atomic mass is 10.1. The van der Waals surface area contributed by atoms with E-state index >= 15 is 0 Å². The van der Waals surface area contributed by atoms with Crippen LogP contribution < -0.4 is 5.32 Å². The third-order valence-electron chi connectivity index (χ3n) is 3.72. The maximum atomic E-state index is 12.6. The van der Waals surface area contributed by atoms with Gasteiger partial charge in [0.15, 0.2) is 5.78 Å². The molecule has 1 amide bonds. The number of carbonyl (C=O) groups is 2. The first-order valence-corrected chi connectivity index (χ1v) is 7.33. The number of pyridine rings is 1. The molecule has 5 heteroatoms. The first-order chi connectivity index (χ1) is 11.0. The largest absolute Gasteiger partial charge is 0.321 e. The average molecular weight is 307 g/mol. The van der Waals surface area contributed by atoms with Crippen LogP contribution in [0.5, 0.6) is 0 Å². The Bertz CT molecular complexity index is 908. The molecule has 116 valence electrons. The van der Waals surface area contributed by atoms with E-state index in [0.29, 0.717) is 22.6 Å². The van der Waals surface area contributed by atoms with Crippen LogP contribution in [0.3, 0.4) is 0 Å². The van der Waals surface area contributed by atoms with Gasteiger partial charge < -0.3 is 5.32 Å². The molecule has 0 fully saturated rings. The van der Waals surface area contributed by atoms with Gasteiger partial charge in [0, 0.05) is 17.4 Å². The molecule has 0 aliphatic rings. The second-order valence-electron chi connectivity index (χ2n) is 5.57. The van der Waals surface area contributed by atoms with Gasteiger partial charge in [0.05, 0.1) is 5.69 Å². The summed E-state index contributed by atoms with van der Waals surface area (Å²) in [7, 11) is 0. The number of carbonyl (C=O) groups excluding carboxylic acids is 2. The van der Waals surface area contributed by atoms with Crippen molar-refractivity contribution in [3.8, 4) is 0 Å². The molecule has 2 aromatic heterocycles. The Labute approximate surface area is 134 Å². The van der Waals surface area contributed by atoms with E-state index in [1.807, 2.05) is 32.2 Å². The summed E-state index contributed by atoms with van der Waals surface area (Å²) in [5, 5.41) is 2.85. The van der Waals surface area contributed by atoms with Gasteiger partial charge >= 0.3 is 0 Å². The number of rotatable bonds is 3. The highest BCUT2D eigenvalue weighted by Gasteiger charge is 2.16. The van der Waals surface area contributed by atoms with Gasteiger partial charge in [-0.05, 0) is 62.7 Å². The zero-order chi connectivity index (χ0) is 16.6. The summed E-state index contributed by atoms with van der Waals surface area (Å²) in [5.74, 6) is -0.231. The predicted molar refractivity (Wildman–Crippen MR) is 89.1 cm³/mol. The van der Waals surface area contributed by atoms with Gasteiger partial charge in [-0.15, -0.1) is 0 Å². The second kappa shape index (κ2) is 5.68. The average Bonchev–Trinajstić information content (AvgIpc) is 2.82. The first-order valence-electron chi connectivity index (χ1n) is 7.33. The number of imidazole rings is 1. The van der Waals surface area contributed by atoms with E-state index in [1.165, 1.54) is 6.92 Å². The molecule has 0 atom stereocenters. The van der Waals surface area contributed by atoms with Gasteiger partial charge in [-0.1, -0.05) is 0 Å². The van der Waals surface area contributed by atoms with E-state index in [9.17, 15) is 9.59 Å². The van der Waals surface area contributed by atoms with Gasteiger partial charge in [0.1, 0.15) is 11.3 Å². The normalized spacial score (nSPS) is 10.7. The maximum absolute atomic E-state index is 12.6. The SMILES string of the molecule is CC(=O)c1ccc(NC(=O)c2c(C)nc3cc(C)ccn23)cc1. The van der Waals surface area contributed by atoms with Crippen LogP contribution in [0.15, 0.2) is 42.6 Å². The number of nitrogens with one attached hydrogen (secondary N) is 1. The second-order valence-corrected chi connectivity index (χ2v) is 5.57. The van der Waals surface area contributed by atoms with Crippen LogP contribution in [-0.4, -0.2) is 21.1 Å². The van der Waals surface area contributed by atoms with Crippen LogP contribution in [0.25, 0.3) is 5.65 Å². The zero-order valence-electron chi connectivity index (χ0n) is 13.3. The highest BCUT2D eigenvalue weighted by atomic mass is 16.2. The lowest BCUT2D eigenvalue weighted by Gasteiger charge is -2.07. The van der Waals surface area contributed by atoms with Crippen molar-refractivity contribution >= 4 is 23.0 Å². The summed E-state index contributed by atoms with van der Waals surface area (Å²) in [6.45, 7) is 5.31. The maximum Gasteiger partial charge on any atom is 0.274 e. The number of anilines is 1. The Morgan fingerprint density at radius 3 is 2.43 bits per heavy atom. The van der Waals surface area contributed by atoms with Crippen molar-refractivity contribution in [3.05, 3.63) is 65.1 Å². The van der Waals surface area contributed by atoms with E-state index < -0.39 is 0 Å². The van der Waals surface area contributed by atoms with Crippen LogP contribution in [0.4, 0.5) is 5.69 Å². The van der Waals surface area contributed by atoms with E-state index in [1.54, 1.807) is 28.7 Å². The molecule has 0 radical (unpaired) electrons. The molecule has 5 nitrogen and oxygen atoms in total. The summed E-state index contributed by atoms with van der Waals surface area (Å²) >= 11 is 0. The smallest absolute Gasteiger partial charge is 0.274 e. The fourth-order valence-corrected chi connectivity index (χ4v) is 2.52. The monoisotopic (exact) mass is 307 g/mol. The van der Waals surface area contributed by atoms with Crippen molar-refractivity contribution in [2.24, 2.45) is 0 Å². The van der Waals surface area contributed by atoms with Gasteiger partial charge in [-0.3, -0.25) is 14.0 Å². The van der Waals surface area contributed by atoms with Crippen LogP contribution >= 0.6 is 0 Å². The fourth-order valence-electron chi connectivity index (χ4n) is 2.52. The number of fused-ring (bicyclic) bond motifs is 1. The Kier molecular flexibility index (Phi) is 3.70. The summed E-state index contributed by atoms with van der Waals surface area (Å²) < 4.78 is 1.78. The van der Waals surface area contributed by atoms with E-state index in [0.717, 1.165) is 11.2 Å². The van der Waals surface area contributed by atoms with Crippen LogP contribution in [0, 0.1) is 13.8 Å². The highest BCUT2D eigenvalue weighted by molar-refractivity contribution is 6.04. The Balaban J connectivity index is 1.91. The molecule has 3 aromatic rings. The molecular formula is C18H17N3O2. The molecule has 0 unspecified atom stereocenters. The van der Waals surface area contributed by atoms with Crippen molar-refractivity contribution < 1.29 is 9.59 Å². The number of aromatic nitrogens is 2. The molecule has 23 heavy (non-hydrogen) atoms. The van der Waals surface area contributed by atoms with Crippen LogP contribution in [-0.2, 0) is 0 Å². The quantitative estimate of drug-likeness (QED) is 0.754. The van der Waals surface area contributed by atoms with Crippen molar-refractivity contribution in [2.75, 3.05) is 5.32 Å². The topological polar surface area (TPSA) is 63.5 Å². The molecule has 1 aromatic carbocycles. The molecule has 0 aliphatic carbocycles. The van der Waals surface area contributed by atoms with E-state index in [4.69, 9.17) is 0 Å². The molecule has 3 rings (SSSR count). The van der Waals surface area contributed by atoms with E-state index in [-0.39, 0.29) is 11.7 Å². The lowest BCUT2D eigenvalue weighted by molar-refractivity contribution is 0.101. The van der Waals surface area contributed by atoms with Crippen LogP contribution in [0.1, 0.15) is 39.0 Å². The first kappa shape index (κ1) is 15.0. The minimum Gasteiger partial charge on any atom is -0.321 e. The number of nitrogens with zero attached hydrogens (tertiary/aromatic N) is 2. The van der Waals surface area contributed by atoms with E-state index in [2.05, 4.69) is 10.3 Å². The molecule has 0 saturated heterocycles. The molecular weight excluding hydrogens is 290 g/mol. The van der Waals surface area contributed by atoms with Crippen molar-refractivity contribution in [3.63, 3.8) is 0 Å². The summed E-state index contributed by atoms with van der Waals surface area (Å²) in [5.41, 5.74) is 4.28.